The number of esters is 2. The molecule has 0 aromatic carbocycles. The lowest BCUT2D eigenvalue weighted by Crippen LogP contribution is -2.22. The van der Waals surface area contributed by atoms with E-state index in [0.717, 1.165) is 67.9 Å². The lowest BCUT2D eigenvalue weighted by molar-refractivity contribution is -0.138. The van der Waals surface area contributed by atoms with E-state index >= 15 is 0 Å². The first kappa shape index (κ1) is 94.4. The minimum atomic E-state index is -0.359. The highest BCUT2D eigenvalue weighted by atomic mass is 16.5. The van der Waals surface area contributed by atoms with Gasteiger partial charge in [-0.1, -0.05) is 185 Å². The molecule has 0 atom stereocenters. The quantitative estimate of drug-likeness (QED) is 0.0410. The molecule has 0 saturated heterocycles. The highest BCUT2D eigenvalue weighted by Crippen LogP contribution is 2.05. The minimum Gasteiger partial charge on any atom is -0.502 e. The molecule has 0 unspecified atom stereocenters. The number of rotatable bonds is 20. The van der Waals surface area contributed by atoms with Crippen LogP contribution in [-0.4, -0.2) is 56.7 Å². The Bertz CT molecular complexity index is 1370. The van der Waals surface area contributed by atoms with Gasteiger partial charge in [0.25, 0.3) is 0 Å². The van der Waals surface area contributed by atoms with Crippen LogP contribution in [0.1, 0.15) is 142 Å². The third-order valence-corrected chi connectivity index (χ3v) is 6.16. The van der Waals surface area contributed by atoms with Crippen molar-refractivity contribution in [1.82, 2.24) is 10.6 Å². The highest BCUT2D eigenvalue weighted by Gasteiger charge is 1.98. The Balaban J connectivity index is -0.0000000540. The summed E-state index contributed by atoms with van der Waals surface area (Å²) >= 11 is 0. The topological polar surface area (TPSA) is 120 Å². The first-order chi connectivity index (χ1) is 33.5. The Labute approximate surface area is 440 Å². The van der Waals surface area contributed by atoms with Gasteiger partial charge in [0.15, 0.2) is 0 Å². The molecule has 0 rings (SSSR count). The van der Waals surface area contributed by atoms with Crippen LogP contribution in [0.2, 0.25) is 0 Å². The molecule has 0 aliphatic carbocycles. The zero-order valence-electron chi connectivity index (χ0n) is 48.5. The van der Waals surface area contributed by atoms with Crippen molar-refractivity contribution in [2.75, 3.05) is 32.9 Å². The lowest BCUT2D eigenvalue weighted by atomic mass is 10.1. The fourth-order valence-corrected chi connectivity index (χ4v) is 2.14. The van der Waals surface area contributed by atoms with Gasteiger partial charge in [0.2, 0.25) is 11.8 Å². The molecule has 9 heteroatoms. The number of likely N-dealkylation sites (N-methyl/N-ethyl adjacent to an activating group) is 2. The van der Waals surface area contributed by atoms with Crippen LogP contribution in [-0.2, 0) is 33.4 Å². The highest BCUT2D eigenvalue weighted by molar-refractivity contribution is 5.92. The summed E-state index contributed by atoms with van der Waals surface area (Å²) in [4.78, 5) is 41.2. The number of amides is 2. The second-order valence-corrected chi connectivity index (χ2v) is 12.6. The number of hydrogen-bond donors (Lipinski definition) is 2. The summed E-state index contributed by atoms with van der Waals surface area (Å²) in [6, 6.07) is 0. The molecule has 0 saturated carbocycles. The van der Waals surface area contributed by atoms with Gasteiger partial charge < -0.3 is 24.8 Å². The molecule has 0 aromatic heterocycles. The summed E-state index contributed by atoms with van der Waals surface area (Å²) in [5.74, 6) is -0.843. The zero-order valence-corrected chi connectivity index (χ0v) is 48.5. The largest absolute Gasteiger partial charge is 0.502 e. The van der Waals surface area contributed by atoms with E-state index in [1.54, 1.807) is 39.8 Å². The third-order valence-electron chi connectivity index (χ3n) is 6.16. The van der Waals surface area contributed by atoms with Crippen LogP contribution >= 0.6 is 0 Å². The zero-order chi connectivity index (χ0) is 58.7. The molecule has 2 N–H and O–H groups in total. The average Bonchev–Trinajstić information content (AvgIpc) is 3.37. The monoisotopic (exact) mass is 995 g/mol. The van der Waals surface area contributed by atoms with Crippen molar-refractivity contribution < 1.29 is 33.4 Å². The summed E-state index contributed by atoms with van der Waals surface area (Å²) < 4.78 is 13.6. The molecule has 0 bridgehead atoms. The van der Waals surface area contributed by atoms with Crippen molar-refractivity contribution in [3.8, 4) is 0 Å². The maximum Gasteiger partial charge on any atom is 0.333 e. The van der Waals surface area contributed by atoms with Gasteiger partial charge >= 0.3 is 11.9 Å². The molecule has 0 heterocycles. The van der Waals surface area contributed by atoms with Crippen molar-refractivity contribution in [2.24, 2.45) is 0 Å². The summed E-state index contributed by atoms with van der Waals surface area (Å²) in [6.45, 7) is 79.7. The second kappa shape index (κ2) is 101. The standard InChI is InChI=1S/2C7H12.C6H11NO.C6H10O2.2C6H10.C5H9NO.C5H8O2.C4H8O.2C4H8.C2H4/c1-5-7(4)6(2)3;1-3-5-7-6-4-2;1-4-7-6(8)5(2)3;1-4-8-6(7)5(2)3;1-4-6(3)5-2;1-3-5-6-4-2;1-3-5(7)6-4-2;1-3-5(6)7-4-2;1-3-5-4-2;2*1-3-4-2;1-2/h2,4-5H2,1,3H3;3,5-7H,4H2,1-2H3;2,4H2,1,3H3,(H,7,8);2,4H2,1,3H3;4H,1,3,5H2,2H3;3,5-6H,1,4H2,2H3;3H,1,4H2,2H3,(H,6,7);3H,1,4H2,2H3;3H,1,4H2,2H3;2*3H,1,4H2,2H3;1-2H2/b;5-3+,7-6+;;;;6-5+;;;;;;. The summed E-state index contributed by atoms with van der Waals surface area (Å²) in [5.41, 5.74) is 4.37. The summed E-state index contributed by atoms with van der Waals surface area (Å²) in [6.07, 6.45) is 29.8. The van der Waals surface area contributed by atoms with Crippen LogP contribution in [0, 0.1) is 0 Å². The Morgan fingerprint density at radius 1 is 0.507 bits per heavy atom. The van der Waals surface area contributed by atoms with E-state index in [-0.39, 0.29) is 23.8 Å². The fraction of sp³-hybridized carbons (Fsp3) is 0.419. The van der Waals surface area contributed by atoms with Crippen molar-refractivity contribution in [1.29, 1.82) is 0 Å². The van der Waals surface area contributed by atoms with Gasteiger partial charge in [-0.05, 0) is 107 Å². The molecule has 0 fully saturated rings. The Morgan fingerprint density at radius 2 is 0.944 bits per heavy atom. The minimum absolute atomic E-state index is 0.0625. The number of ether oxygens (including phenoxy) is 3. The normalized spacial score (nSPS) is 7.99. The van der Waals surface area contributed by atoms with Crippen LogP contribution in [0.4, 0.5) is 0 Å². The Kier molecular flexibility index (Phi) is 135. The van der Waals surface area contributed by atoms with Gasteiger partial charge in [-0.3, -0.25) is 9.59 Å². The third kappa shape index (κ3) is 162. The van der Waals surface area contributed by atoms with E-state index in [0.29, 0.717) is 37.4 Å². The molecular formula is C62H110N2O7. The molecule has 0 aliphatic heterocycles. The average molecular weight is 996 g/mol. The Morgan fingerprint density at radius 3 is 1.06 bits per heavy atom. The molecule has 9 nitrogen and oxygen atoms in total. The predicted molar refractivity (Wildman–Crippen MR) is 322 cm³/mol. The second-order valence-electron chi connectivity index (χ2n) is 12.6. The van der Waals surface area contributed by atoms with Crippen LogP contribution in [0.25, 0.3) is 0 Å². The van der Waals surface area contributed by atoms with E-state index in [4.69, 9.17) is 0 Å². The molecule has 0 spiro atoms. The number of hydrogen-bond acceptors (Lipinski definition) is 7. The van der Waals surface area contributed by atoms with E-state index < -0.39 is 0 Å². The van der Waals surface area contributed by atoms with Gasteiger partial charge in [-0.15, -0.1) is 26.3 Å². The van der Waals surface area contributed by atoms with Crippen molar-refractivity contribution in [3.63, 3.8) is 0 Å². The van der Waals surface area contributed by atoms with E-state index in [1.807, 2.05) is 65.0 Å². The van der Waals surface area contributed by atoms with Gasteiger partial charge in [-0.25, -0.2) is 9.59 Å². The molecule has 0 radical (unpaired) electrons. The molecule has 0 aromatic rings. The predicted octanol–water partition coefficient (Wildman–Crippen LogP) is 17.3. The van der Waals surface area contributed by atoms with E-state index in [9.17, 15) is 19.2 Å². The van der Waals surface area contributed by atoms with E-state index in [1.165, 1.54) is 12.3 Å². The van der Waals surface area contributed by atoms with Crippen LogP contribution in [0.5, 0.6) is 0 Å². The first-order valence-corrected chi connectivity index (χ1v) is 24.1. The molecular weight excluding hydrogens is 885 g/mol. The van der Waals surface area contributed by atoms with E-state index in [2.05, 4.69) is 177 Å². The van der Waals surface area contributed by atoms with Crippen LogP contribution in [0.15, 0.2) is 199 Å². The van der Waals surface area contributed by atoms with Crippen molar-refractivity contribution in [3.05, 3.63) is 199 Å². The fourth-order valence-electron chi connectivity index (χ4n) is 2.14. The number of allylic oxidation sites excluding steroid dienone is 13. The molecule has 410 valence electrons. The van der Waals surface area contributed by atoms with Gasteiger partial charge in [0.1, 0.15) is 0 Å². The first-order valence-electron chi connectivity index (χ1n) is 24.1. The number of carbonyl (C=O) groups is 4. The number of carbonyl (C=O) groups excluding carboxylic acids is 4. The van der Waals surface area contributed by atoms with Gasteiger partial charge in [0.05, 0.1) is 26.1 Å². The van der Waals surface area contributed by atoms with Crippen molar-refractivity contribution >= 4 is 23.8 Å². The maximum atomic E-state index is 10.5. The summed E-state index contributed by atoms with van der Waals surface area (Å²) in [5, 5.41) is 5.14. The van der Waals surface area contributed by atoms with Crippen LogP contribution < -0.4 is 10.6 Å². The smallest absolute Gasteiger partial charge is 0.333 e. The molecule has 0 aliphatic rings. The molecule has 2 amide bonds. The molecule has 71 heavy (non-hydrogen) atoms. The number of nitrogens with one attached hydrogen (secondary N) is 2. The van der Waals surface area contributed by atoms with Crippen LogP contribution in [0.3, 0.4) is 0 Å². The summed E-state index contributed by atoms with van der Waals surface area (Å²) in [7, 11) is 0. The van der Waals surface area contributed by atoms with Gasteiger partial charge in [-0.2, -0.15) is 0 Å². The van der Waals surface area contributed by atoms with Gasteiger partial charge in [0, 0.05) is 30.3 Å². The van der Waals surface area contributed by atoms with Crippen molar-refractivity contribution in [2.45, 2.75) is 142 Å². The SMILES string of the molecule is C/C=C/C=C/CC.C=C.C=C(C)C(=C)CC.C=C(C)C(=O)NCC.C=C(C)C(=O)OCC.C=C/C=C/CC.C=CC(=C)CC.C=CC(=O)NCC.C=CC(=O)OCC.C=CCC.C=CCC.C=COCC. The Hall–Kier alpha value is -6.48. The maximum absolute atomic E-state index is 10.5. The lowest BCUT2D eigenvalue weighted by Gasteiger charge is -1.97.